The zero-order chi connectivity index (χ0) is 14.3. The van der Waals surface area contributed by atoms with Gasteiger partial charge in [-0.3, -0.25) is 0 Å². The molecule has 0 heterocycles. The molecule has 0 aliphatic rings. The van der Waals surface area contributed by atoms with Crippen molar-refractivity contribution in [3.05, 3.63) is 78.0 Å². The van der Waals surface area contributed by atoms with E-state index in [1.54, 1.807) is 0 Å². The van der Waals surface area contributed by atoms with E-state index in [0.29, 0.717) is 0 Å². The SMILES string of the molecule is C=C/C=C(\C(=C/C)C(=C)NC)c1ccc(CC)cc1. The van der Waals surface area contributed by atoms with Gasteiger partial charge in [0.1, 0.15) is 0 Å². The van der Waals surface area contributed by atoms with Gasteiger partial charge in [0, 0.05) is 18.3 Å². The van der Waals surface area contributed by atoms with Crippen molar-refractivity contribution >= 4 is 5.57 Å². The van der Waals surface area contributed by atoms with E-state index in [4.69, 9.17) is 0 Å². The first-order chi connectivity index (χ1) is 9.17. The molecule has 0 bridgehead atoms. The second-order valence-electron chi connectivity index (χ2n) is 4.30. The summed E-state index contributed by atoms with van der Waals surface area (Å²) in [7, 11) is 1.89. The highest BCUT2D eigenvalue weighted by Gasteiger charge is 2.09. The van der Waals surface area contributed by atoms with Gasteiger partial charge in [0.25, 0.3) is 0 Å². The summed E-state index contributed by atoms with van der Waals surface area (Å²) in [5.74, 6) is 0. The number of rotatable bonds is 6. The molecule has 1 aromatic carbocycles. The number of nitrogens with one attached hydrogen (secondary N) is 1. The average Bonchev–Trinajstić information content (AvgIpc) is 2.47. The summed E-state index contributed by atoms with van der Waals surface area (Å²) in [6, 6.07) is 8.64. The third kappa shape index (κ3) is 3.72. The first-order valence-corrected chi connectivity index (χ1v) is 6.63. The topological polar surface area (TPSA) is 12.0 Å². The van der Waals surface area contributed by atoms with Gasteiger partial charge in [0.15, 0.2) is 0 Å². The maximum atomic E-state index is 4.05. The number of aryl methyl sites for hydroxylation is 1. The van der Waals surface area contributed by atoms with Gasteiger partial charge < -0.3 is 5.32 Å². The monoisotopic (exact) mass is 253 g/mol. The van der Waals surface area contributed by atoms with Gasteiger partial charge in [-0.2, -0.15) is 0 Å². The molecule has 0 radical (unpaired) electrons. The van der Waals surface area contributed by atoms with Gasteiger partial charge in [-0.1, -0.05) is 62.6 Å². The molecule has 0 spiro atoms. The van der Waals surface area contributed by atoms with Crippen molar-refractivity contribution < 1.29 is 0 Å². The van der Waals surface area contributed by atoms with Crippen LogP contribution in [0.15, 0.2) is 66.9 Å². The van der Waals surface area contributed by atoms with Gasteiger partial charge in [-0.15, -0.1) is 0 Å². The smallest absolute Gasteiger partial charge is 0.0341 e. The molecule has 100 valence electrons. The van der Waals surface area contributed by atoms with Gasteiger partial charge in [0.2, 0.25) is 0 Å². The van der Waals surface area contributed by atoms with Crippen LogP contribution in [0.5, 0.6) is 0 Å². The van der Waals surface area contributed by atoms with E-state index >= 15 is 0 Å². The molecule has 0 aliphatic carbocycles. The summed E-state index contributed by atoms with van der Waals surface area (Å²) in [4.78, 5) is 0. The predicted octanol–water partition coefficient (Wildman–Crippen LogP) is 4.50. The summed E-state index contributed by atoms with van der Waals surface area (Å²) < 4.78 is 0. The minimum Gasteiger partial charge on any atom is -0.388 e. The normalized spacial score (nSPS) is 12.2. The number of likely N-dealkylation sites (N-methyl/N-ethyl adjacent to an activating group) is 1. The Kier molecular flexibility index (Phi) is 5.87. The molecule has 0 unspecified atom stereocenters. The highest BCUT2D eigenvalue weighted by Crippen LogP contribution is 2.27. The Hall–Kier alpha value is -2.02. The van der Waals surface area contributed by atoms with Crippen molar-refractivity contribution in [3.63, 3.8) is 0 Å². The molecule has 1 rings (SSSR count). The molecular formula is C18H23N. The Morgan fingerprint density at radius 1 is 1.26 bits per heavy atom. The van der Waals surface area contributed by atoms with Crippen LogP contribution in [0, 0.1) is 0 Å². The van der Waals surface area contributed by atoms with E-state index in [1.807, 2.05) is 26.1 Å². The molecule has 0 aliphatic heterocycles. The van der Waals surface area contributed by atoms with Crippen LogP contribution in [0.1, 0.15) is 25.0 Å². The van der Waals surface area contributed by atoms with E-state index in [-0.39, 0.29) is 0 Å². The zero-order valence-electron chi connectivity index (χ0n) is 12.2. The molecule has 0 atom stereocenters. The zero-order valence-corrected chi connectivity index (χ0v) is 12.2. The highest BCUT2D eigenvalue weighted by atomic mass is 14.8. The average molecular weight is 253 g/mol. The van der Waals surface area contributed by atoms with E-state index in [1.165, 1.54) is 11.1 Å². The first kappa shape index (κ1) is 15.0. The van der Waals surface area contributed by atoms with Crippen LogP contribution in [0.3, 0.4) is 0 Å². The largest absolute Gasteiger partial charge is 0.388 e. The van der Waals surface area contributed by atoms with Crippen LogP contribution in [0.2, 0.25) is 0 Å². The van der Waals surface area contributed by atoms with Crippen LogP contribution in [0.25, 0.3) is 5.57 Å². The maximum Gasteiger partial charge on any atom is 0.0341 e. The van der Waals surface area contributed by atoms with Crippen molar-refractivity contribution in [2.45, 2.75) is 20.3 Å². The summed E-state index contributed by atoms with van der Waals surface area (Å²) >= 11 is 0. The second-order valence-corrected chi connectivity index (χ2v) is 4.30. The summed E-state index contributed by atoms with van der Waals surface area (Å²) in [6.45, 7) is 12.0. The number of hydrogen-bond acceptors (Lipinski definition) is 1. The van der Waals surface area contributed by atoms with E-state index in [0.717, 1.165) is 23.3 Å². The number of benzene rings is 1. The molecule has 1 nitrogen and oxygen atoms in total. The fourth-order valence-electron chi connectivity index (χ4n) is 2.01. The molecule has 1 heteroatoms. The molecule has 1 aromatic rings. The Morgan fingerprint density at radius 3 is 2.32 bits per heavy atom. The summed E-state index contributed by atoms with van der Waals surface area (Å²) in [5.41, 5.74) is 5.68. The fourth-order valence-corrected chi connectivity index (χ4v) is 2.01. The Balaban J connectivity index is 3.23. The third-order valence-electron chi connectivity index (χ3n) is 3.16. The summed E-state index contributed by atoms with van der Waals surface area (Å²) in [5, 5.41) is 3.11. The fraction of sp³-hybridized carbons (Fsp3) is 0.222. The molecule has 0 saturated carbocycles. The van der Waals surface area contributed by atoms with Crippen molar-refractivity contribution in [3.8, 4) is 0 Å². The highest BCUT2D eigenvalue weighted by molar-refractivity contribution is 5.84. The van der Waals surface area contributed by atoms with Crippen molar-refractivity contribution in [2.75, 3.05) is 7.05 Å². The second kappa shape index (κ2) is 7.42. The van der Waals surface area contributed by atoms with Crippen LogP contribution >= 0.6 is 0 Å². The molecule has 0 aromatic heterocycles. The molecule has 0 amide bonds. The number of hydrogen-bond donors (Lipinski definition) is 1. The van der Waals surface area contributed by atoms with Gasteiger partial charge >= 0.3 is 0 Å². The quantitative estimate of drug-likeness (QED) is 0.736. The first-order valence-electron chi connectivity index (χ1n) is 6.63. The van der Waals surface area contributed by atoms with Gasteiger partial charge in [-0.25, -0.2) is 0 Å². The van der Waals surface area contributed by atoms with Gasteiger partial charge in [-0.05, 0) is 30.0 Å². The van der Waals surface area contributed by atoms with Crippen LogP contribution in [0.4, 0.5) is 0 Å². The van der Waals surface area contributed by atoms with Crippen LogP contribution in [-0.2, 0) is 6.42 Å². The van der Waals surface area contributed by atoms with Crippen molar-refractivity contribution in [1.29, 1.82) is 0 Å². The Labute approximate surface area is 117 Å². The molecular weight excluding hydrogens is 230 g/mol. The molecule has 0 saturated heterocycles. The van der Waals surface area contributed by atoms with Crippen LogP contribution in [-0.4, -0.2) is 7.05 Å². The standard InChI is InChI=1S/C18H23N/c1-6-9-18(17(8-3)14(4)19-5)16-12-10-15(7-2)11-13-16/h6,8-13,19H,1,4,7H2,2-3,5H3/b17-8-,18-9-. The van der Waals surface area contributed by atoms with E-state index in [2.05, 4.69) is 55.7 Å². The Bertz CT molecular complexity index is 501. The molecule has 0 fully saturated rings. The lowest BCUT2D eigenvalue weighted by Crippen LogP contribution is -2.08. The van der Waals surface area contributed by atoms with Gasteiger partial charge in [0.05, 0.1) is 0 Å². The minimum atomic E-state index is 0.912. The number of allylic oxidation sites excluding steroid dienone is 4. The lowest BCUT2D eigenvalue weighted by Gasteiger charge is -2.15. The lowest BCUT2D eigenvalue weighted by atomic mass is 9.94. The van der Waals surface area contributed by atoms with E-state index < -0.39 is 0 Å². The van der Waals surface area contributed by atoms with E-state index in [9.17, 15) is 0 Å². The lowest BCUT2D eigenvalue weighted by molar-refractivity contribution is 1.02. The van der Waals surface area contributed by atoms with Crippen molar-refractivity contribution in [2.24, 2.45) is 0 Å². The Morgan fingerprint density at radius 2 is 1.89 bits per heavy atom. The predicted molar refractivity (Wildman–Crippen MR) is 86.0 cm³/mol. The molecule has 19 heavy (non-hydrogen) atoms. The minimum absolute atomic E-state index is 0.912. The maximum absolute atomic E-state index is 4.05. The molecule has 1 N–H and O–H groups in total. The van der Waals surface area contributed by atoms with Crippen LogP contribution < -0.4 is 5.32 Å². The third-order valence-corrected chi connectivity index (χ3v) is 3.16. The van der Waals surface area contributed by atoms with Crippen molar-refractivity contribution in [1.82, 2.24) is 5.32 Å². The summed E-state index contributed by atoms with van der Waals surface area (Å²) in [6.07, 6.45) is 6.97.